The Hall–Kier alpha value is -2.64. The van der Waals surface area contributed by atoms with Gasteiger partial charge in [0.25, 0.3) is 0 Å². The molecule has 2 aromatic carbocycles. The molecule has 0 saturated heterocycles. The predicted molar refractivity (Wildman–Crippen MR) is 128 cm³/mol. The highest BCUT2D eigenvalue weighted by atomic mass is 32.2. The molecule has 0 amide bonds. The summed E-state index contributed by atoms with van der Waals surface area (Å²) in [6.45, 7) is 9.08. The van der Waals surface area contributed by atoms with E-state index < -0.39 is 0 Å². The van der Waals surface area contributed by atoms with Crippen LogP contribution in [0.2, 0.25) is 0 Å². The lowest BCUT2D eigenvalue weighted by atomic mass is 10.1. The minimum Gasteiger partial charge on any atom is -0.482 e. The first-order valence-electron chi connectivity index (χ1n) is 10.3. The van der Waals surface area contributed by atoms with Crippen molar-refractivity contribution in [1.82, 2.24) is 19.7 Å². The maximum Gasteiger partial charge on any atom is 0.191 e. The Bertz CT molecular complexity index is 1150. The summed E-state index contributed by atoms with van der Waals surface area (Å²) in [6, 6.07) is 16.5. The highest BCUT2D eigenvalue weighted by Crippen LogP contribution is 2.30. The molecule has 0 spiro atoms. The zero-order valence-corrected chi connectivity index (χ0v) is 19.8. The van der Waals surface area contributed by atoms with Crippen LogP contribution >= 0.6 is 23.1 Å². The molecule has 160 valence electrons. The van der Waals surface area contributed by atoms with Crippen LogP contribution in [0.25, 0.3) is 10.6 Å². The van der Waals surface area contributed by atoms with Crippen LogP contribution in [0.1, 0.15) is 42.6 Å². The van der Waals surface area contributed by atoms with Crippen molar-refractivity contribution in [2.24, 2.45) is 0 Å². The molecule has 0 radical (unpaired) electrons. The summed E-state index contributed by atoms with van der Waals surface area (Å²) in [4.78, 5) is 4.78. The molecule has 0 aliphatic carbocycles. The molecule has 5 nitrogen and oxygen atoms in total. The van der Waals surface area contributed by atoms with Gasteiger partial charge in [-0.2, -0.15) is 0 Å². The van der Waals surface area contributed by atoms with Crippen molar-refractivity contribution in [1.29, 1.82) is 0 Å². The van der Waals surface area contributed by atoms with Crippen LogP contribution in [0.15, 0.2) is 59.1 Å². The summed E-state index contributed by atoms with van der Waals surface area (Å²) in [5.41, 5.74) is 4.56. The van der Waals surface area contributed by atoms with Crippen molar-refractivity contribution < 1.29 is 4.74 Å². The average Bonchev–Trinajstić information content (AvgIpc) is 3.41. The maximum atomic E-state index is 6.21. The van der Waals surface area contributed by atoms with Gasteiger partial charge in [-0.05, 0) is 39.3 Å². The number of aromatic nitrogens is 4. The molecule has 1 atom stereocenters. The second-order valence-corrected chi connectivity index (χ2v) is 9.21. The minimum absolute atomic E-state index is 0.188. The summed E-state index contributed by atoms with van der Waals surface area (Å²) in [5.74, 6) is 2.48. The van der Waals surface area contributed by atoms with E-state index in [9.17, 15) is 0 Å². The predicted octanol–water partition coefficient (Wildman–Crippen LogP) is 6.47. The standard InChI is InChI=1S/C24H26N4OS2/c1-5-28-22(18(4)29-21-12-11-16(2)13-17(21)3)26-27-24(28)31-15-20-14-30-23(25-20)19-9-7-6-8-10-19/h6-14,18H,5,15H2,1-4H3. The van der Waals surface area contributed by atoms with Gasteiger partial charge in [-0.15, -0.1) is 21.5 Å². The topological polar surface area (TPSA) is 52.8 Å². The van der Waals surface area contributed by atoms with E-state index in [0.29, 0.717) is 0 Å². The number of thioether (sulfide) groups is 1. The normalized spacial score (nSPS) is 12.1. The smallest absolute Gasteiger partial charge is 0.191 e. The van der Waals surface area contributed by atoms with Gasteiger partial charge in [0.15, 0.2) is 17.1 Å². The highest BCUT2D eigenvalue weighted by Gasteiger charge is 2.19. The van der Waals surface area contributed by atoms with E-state index in [1.54, 1.807) is 23.1 Å². The number of thiazole rings is 1. The van der Waals surface area contributed by atoms with E-state index in [-0.39, 0.29) is 6.10 Å². The Kier molecular flexibility index (Phi) is 6.73. The molecule has 0 N–H and O–H groups in total. The fourth-order valence-electron chi connectivity index (χ4n) is 3.40. The number of hydrogen-bond donors (Lipinski definition) is 0. The molecular formula is C24H26N4OS2. The number of rotatable bonds is 8. The van der Waals surface area contributed by atoms with Crippen molar-refractivity contribution in [3.8, 4) is 16.3 Å². The minimum atomic E-state index is -0.188. The van der Waals surface area contributed by atoms with E-state index in [1.165, 1.54) is 5.56 Å². The highest BCUT2D eigenvalue weighted by molar-refractivity contribution is 7.98. The van der Waals surface area contributed by atoms with Crippen LogP contribution in [0.5, 0.6) is 5.75 Å². The Balaban J connectivity index is 1.45. The number of aryl methyl sites for hydroxylation is 2. The van der Waals surface area contributed by atoms with Crippen molar-refractivity contribution in [3.63, 3.8) is 0 Å². The summed E-state index contributed by atoms with van der Waals surface area (Å²) < 4.78 is 8.34. The number of nitrogens with zero attached hydrogens (tertiary/aromatic N) is 4. The van der Waals surface area contributed by atoms with Crippen molar-refractivity contribution in [3.05, 3.63) is 76.6 Å². The Morgan fingerprint density at radius 3 is 2.65 bits per heavy atom. The summed E-state index contributed by atoms with van der Waals surface area (Å²) in [5, 5.41) is 12.9. The molecule has 4 rings (SSSR count). The summed E-state index contributed by atoms with van der Waals surface area (Å²) in [7, 11) is 0. The SMILES string of the molecule is CCn1c(SCc2csc(-c3ccccc3)n2)nnc1C(C)Oc1ccc(C)cc1C. The molecule has 0 aliphatic rings. The molecule has 0 aliphatic heterocycles. The van der Waals surface area contributed by atoms with Crippen LogP contribution in [0, 0.1) is 13.8 Å². The Morgan fingerprint density at radius 1 is 1.10 bits per heavy atom. The van der Waals surface area contributed by atoms with Gasteiger partial charge in [0.2, 0.25) is 0 Å². The van der Waals surface area contributed by atoms with Crippen LogP contribution < -0.4 is 4.74 Å². The van der Waals surface area contributed by atoms with E-state index in [1.807, 2.05) is 31.2 Å². The van der Waals surface area contributed by atoms with Gasteiger partial charge >= 0.3 is 0 Å². The van der Waals surface area contributed by atoms with Gasteiger partial charge in [0, 0.05) is 23.2 Å². The van der Waals surface area contributed by atoms with Crippen molar-refractivity contribution >= 4 is 23.1 Å². The third-order valence-corrected chi connectivity index (χ3v) is 6.92. The second-order valence-electron chi connectivity index (χ2n) is 7.41. The first kappa shape index (κ1) is 21.6. The lowest BCUT2D eigenvalue weighted by Crippen LogP contribution is -2.12. The lowest BCUT2D eigenvalue weighted by molar-refractivity contribution is 0.208. The van der Waals surface area contributed by atoms with E-state index >= 15 is 0 Å². The molecule has 2 heterocycles. The lowest BCUT2D eigenvalue weighted by Gasteiger charge is -2.17. The van der Waals surface area contributed by atoms with Gasteiger partial charge in [-0.25, -0.2) is 4.98 Å². The number of hydrogen-bond acceptors (Lipinski definition) is 6. The largest absolute Gasteiger partial charge is 0.482 e. The average molecular weight is 451 g/mol. The molecule has 4 aromatic rings. The fourth-order valence-corrected chi connectivity index (χ4v) is 5.24. The molecule has 7 heteroatoms. The van der Waals surface area contributed by atoms with Gasteiger partial charge in [0.05, 0.1) is 5.69 Å². The number of benzene rings is 2. The van der Waals surface area contributed by atoms with E-state index in [2.05, 4.69) is 65.2 Å². The second kappa shape index (κ2) is 9.66. The molecule has 1 unspecified atom stereocenters. The summed E-state index contributed by atoms with van der Waals surface area (Å²) in [6.07, 6.45) is -0.188. The molecule has 0 saturated carbocycles. The van der Waals surface area contributed by atoms with Crippen LogP contribution in [0.3, 0.4) is 0 Å². The zero-order valence-electron chi connectivity index (χ0n) is 18.2. The quantitative estimate of drug-likeness (QED) is 0.288. The van der Waals surface area contributed by atoms with Gasteiger partial charge in [-0.3, -0.25) is 0 Å². The van der Waals surface area contributed by atoms with Crippen molar-refractivity contribution in [2.75, 3.05) is 0 Å². The van der Waals surface area contributed by atoms with E-state index in [4.69, 9.17) is 9.72 Å². The van der Waals surface area contributed by atoms with Crippen molar-refractivity contribution in [2.45, 2.75) is 51.3 Å². The molecule has 0 fully saturated rings. The molecule has 0 bridgehead atoms. The first-order chi connectivity index (χ1) is 15.0. The fraction of sp³-hybridized carbons (Fsp3) is 0.292. The Morgan fingerprint density at radius 2 is 1.90 bits per heavy atom. The van der Waals surface area contributed by atoms with Crippen LogP contribution in [-0.2, 0) is 12.3 Å². The maximum absolute atomic E-state index is 6.21. The monoisotopic (exact) mass is 450 g/mol. The zero-order chi connectivity index (χ0) is 21.8. The third kappa shape index (κ3) is 4.99. The van der Waals surface area contributed by atoms with Gasteiger partial charge in [0.1, 0.15) is 10.8 Å². The third-order valence-electron chi connectivity index (χ3n) is 4.98. The van der Waals surface area contributed by atoms with Crippen LogP contribution in [0.4, 0.5) is 0 Å². The molecular weight excluding hydrogens is 424 g/mol. The van der Waals surface area contributed by atoms with Crippen LogP contribution in [-0.4, -0.2) is 19.7 Å². The number of ether oxygens (including phenoxy) is 1. The first-order valence-corrected chi connectivity index (χ1v) is 12.2. The van der Waals surface area contributed by atoms with Gasteiger partial charge < -0.3 is 9.30 Å². The van der Waals surface area contributed by atoms with E-state index in [0.717, 1.165) is 50.9 Å². The molecule has 31 heavy (non-hydrogen) atoms. The van der Waals surface area contributed by atoms with Gasteiger partial charge in [-0.1, -0.05) is 59.8 Å². The molecule has 2 aromatic heterocycles. The summed E-state index contributed by atoms with van der Waals surface area (Å²) >= 11 is 3.33. The Labute approximate surface area is 191 Å².